The summed E-state index contributed by atoms with van der Waals surface area (Å²) < 4.78 is 41.8. The highest BCUT2D eigenvalue weighted by Gasteiger charge is 2.27. The van der Waals surface area contributed by atoms with Crippen molar-refractivity contribution in [2.75, 3.05) is 20.5 Å². The number of rotatable bonds is 3. The third kappa shape index (κ3) is 7.71. The van der Waals surface area contributed by atoms with E-state index in [1.54, 1.807) is 0 Å². The van der Waals surface area contributed by atoms with Crippen molar-refractivity contribution in [3.63, 3.8) is 0 Å². The molecule has 0 heterocycles. The van der Waals surface area contributed by atoms with Gasteiger partial charge < -0.3 is 9.47 Å². The monoisotopic (exact) mass is 144 g/mol. The molecular formula is C4H7F3O2. The predicted molar refractivity (Wildman–Crippen MR) is 23.9 cm³/mol. The summed E-state index contributed by atoms with van der Waals surface area (Å²) in [6.45, 7) is -1.57. The Hall–Kier alpha value is -0.290. The first-order valence-electron chi connectivity index (χ1n) is 2.19. The van der Waals surface area contributed by atoms with Crippen molar-refractivity contribution in [1.29, 1.82) is 0 Å². The van der Waals surface area contributed by atoms with Crippen LogP contribution in [0.3, 0.4) is 0 Å². The largest absolute Gasteiger partial charge is 0.411 e. The fraction of sp³-hybridized carbons (Fsp3) is 1.00. The summed E-state index contributed by atoms with van der Waals surface area (Å²) in [6.07, 6.45) is -4.25. The third-order valence-corrected chi connectivity index (χ3v) is 0.467. The van der Waals surface area contributed by atoms with Gasteiger partial charge in [-0.15, -0.1) is 0 Å². The normalized spacial score (nSPS) is 12.0. The Bertz CT molecular complexity index is 70.7. The van der Waals surface area contributed by atoms with Crippen LogP contribution in [-0.2, 0) is 9.47 Å². The van der Waals surface area contributed by atoms with Crippen LogP contribution < -0.4 is 0 Å². The Morgan fingerprint density at radius 3 is 2.22 bits per heavy atom. The molecule has 0 aliphatic heterocycles. The van der Waals surface area contributed by atoms with Gasteiger partial charge in [0.2, 0.25) is 0 Å². The first-order chi connectivity index (χ1) is 4.06. The van der Waals surface area contributed by atoms with Gasteiger partial charge in [0.15, 0.2) is 0 Å². The topological polar surface area (TPSA) is 18.5 Å². The minimum absolute atomic E-state index is 0.320. The molecule has 0 aromatic heterocycles. The first-order valence-corrected chi connectivity index (χ1v) is 2.19. The first kappa shape index (κ1) is 8.71. The van der Waals surface area contributed by atoms with Crippen LogP contribution >= 0.6 is 0 Å². The lowest BCUT2D eigenvalue weighted by atomic mass is 10.7. The van der Waals surface area contributed by atoms with Crippen molar-refractivity contribution in [1.82, 2.24) is 0 Å². The van der Waals surface area contributed by atoms with Crippen molar-refractivity contribution in [3.8, 4) is 0 Å². The van der Waals surface area contributed by atoms with Gasteiger partial charge >= 0.3 is 6.18 Å². The molecule has 5 heteroatoms. The fourth-order valence-electron chi connectivity index (χ4n) is 0.241. The van der Waals surface area contributed by atoms with E-state index in [1.165, 1.54) is 7.11 Å². The van der Waals surface area contributed by atoms with E-state index in [4.69, 9.17) is 0 Å². The van der Waals surface area contributed by atoms with Gasteiger partial charge in [0.1, 0.15) is 13.4 Å². The van der Waals surface area contributed by atoms with Gasteiger partial charge in [-0.2, -0.15) is 13.2 Å². The number of halogens is 3. The quantitative estimate of drug-likeness (QED) is 0.437. The molecule has 0 saturated carbocycles. The molecule has 2 nitrogen and oxygen atoms in total. The van der Waals surface area contributed by atoms with Gasteiger partial charge in [-0.05, 0) is 0 Å². The molecule has 0 fully saturated rings. The van der Waals surface area contributed by atoms with Gasteiger partial charge in [-0.1, -0.05) is 0 Å². The lowest BCUT2D eigenvalue weighted by molar-refractivity contribution is -0.193. The molecule has 0 radical (unpaired) electrons. The Morgan fingerprint density at radius 1 is 1.33 bits per heavy atom. The van der Waals surface area contributed by atoms with Gasteiger partial charge in [-0.25, -0.2) is 0 Å². The molecule has 0 atom stereocenters. The molecule has 0 bridgehead atoms. The van der Waals surface area contributed by atoms with Crippen LogP contribution in [-0.4, -0.2) is 26.7 Å². The molecule has 0 amide bonds. The Labute approximate surface area is 50.6 Å². The zero-order valence-corrected chi connectivity index (χ0v) is 4.86. The molecule has 0 rings (SSSR count). The Kier molecular flexibility index (Phi) is 3.56. The number of hydrogen-bond acceptors (Lipinski definition) is 2. The second-order valence-electron chi connectivity index (χ2n) is 1.37. The Balaban J connectivity index is 3.07. The molecule has 0 spiro atoms. The van der Waals surface area contributed by atoms with Crippen molar-refractivity contribution in [2.45, 2.75) is 6.18 Å². The van der Waals surface area contributed by atoms with Gasteiger partial charge in [0.05, 0.1) is 0 Å². The molecule has 0 N–H and O–H groups in total. The summed E-state index contributed by atoms with van der Waals surface area (Å²) in [7, 11) is 1.26. The lowest BCUT2D eigenvalue weighted by Gasteiger charge is -2.05. The van der Waals surface area contributed by atoms with Gasteiger partial charge in [0, 0.05) is 7.11 Å². The number of alkyl halides is 3. The lowest BCUT2D eigenvalue weighted by Crippen LogP contribution is -2.17. The highest BCUT2D eigenvalue weighted by Crippen LogP contribution is 2.13. The van der Waals surface area contributed by atoms with Crippen molar-refractivity contribution in [2.24, 2.45) is 0 Å². The zero-order valence-electron chi connectivity index (χ0n) is 4.86. The van der Waals surface area contributed by atoms with Crippen LogP contribution in [0, 0.1) is 0 Å². The highest BCUT2D eigenvalue weighted by atomic mass is 19.4. The molecule has 0 aliphatic carbocycles. The van der Waals surface area contributed by atoms with Crippen molar-refractivity contribution < 1.29 is 22.6 Å². The van der Waals surface area contributed by atoms with E-state index in [0.29, 0.717) is 0 Å². The number of ether oxygens (including phenoxy) is 2. The second-order valence-corrected chi connectivity index (χ2v) is 1.37. The molecule has 0 aromatic rings. The number of hydrogen-bond donors (Lipinski definition) is 0. The van der Waals surface area contributed by atoms with Crippen LogP contribution in [0.5, 0.6) is 0 Å². The maximum absolute atomic E-state index is 11.2. The molecule has 0 aromatic carbocycles. The highest BCUT2D eigenvalue weighted by molar-refractivity contribution is 4.42. The molecule has 0 aliphatic rings. The summed E-state index contributed by atoms with van der Waals surface area (Å²) in [5.41, 5.74) is 0. The summed E-state index contributed by atoms with van der Waals surface area (Å²) in [6, 6.07) is 0. The smallest absolute Gasteiger partial charge is 0.359 e. The summed E-state index contributed by atoms with van der Waals surface area (Å²) in [5, 5.41) is 0. The third-order valence-electron chi connectivity index (χ3n) is 0.467. The average molecular weight is 144 g/mol. The summed E-state index contributed by atoms with van der Waals surface area (Å²) >= 11 is 0. The maximum Gasteiger partial charge on any atom is 0.411 e. The van der Waals surface area contributed by atoms with Gasteiger partial charge in [0.25, 0.3) is 0 Å². The van der Waals surface area contributed by atoms with Crippen molar-refractivity contribution >= 4 is 0 Å². The standard InChI is InChI=1S/C4H7F3O2/c1-8-3-9-2-4(5,6)7/h2-3H2,1H3. The van der Waals surface area contributed by atoms with Crippen LogP contribution in [0.15, 0.2) is 0 Å². The average Bonchev–Trinajstić information content (AvgIpc) is 1.63. The van der Waals surface area contributed by atoms with Crippen LogP contribution in [0.2, 0.25) is 0 Å². The summed E-state index contributed by atoms with van der Waals surface area (Å²) in [4.78, 5) is 0. The van der Waals surface area contributed by atoms with Crippen LogP contribution in [0.1, 0.15) is 0 Å². The molecule has 9 heavy (non-hydrogen) atoms. The van der Waals surface area contributed by atoms with Gasteiger partial charge in [-0.3, -0.25) is 0 Å². The summed E-state index contributed by atoms with van der Waals surface area (Å²) in [5.74, 6) is 0. The molecular weight excluding hydrogens is 137 g/mol. The molecule has 0 unspecified atom stereocenters. The SMILES string of the molecule is COCOCC(F)(F)F. The fourth-order valence-corrected chi connectivity index (χ4v) is 0.241. The number of methoxy groups -OCH3 is 1. The van der Waals surface area contributed by atoms with Crippen LogP contribution in [0.25, 0.3) is 0 Å². The maximum atomic E-state index is 11.2. The van der Waals surface area contributed by atoms with E-state index in [9.17, 15) is 13.2 Å². The van der Waals surface area contributed by atoms with Crippen molar-refractivity contribution in [3.05, 3.63) is 0 Å². The van der Waals surface area contributed by atoms with E-state index in [0.717, 1.165) is 0 Å². The zero-order chi connectivity index (χ0) is 7.33. The van der Waals surface area contributed by atoms with Crippen LogP contribution in [0.4, 0.5) is 13.2 Å². The van der Waals surface area contributed by atoms with E-state index in [1.807, 2.05) is 0 Å². The molecule has 56 valence electrons. The Morgan fingerprint density at radius 2 is 1.89 bits per heavy atom. The second kappa shape index (κ2) is 3.68. The van der Waals surface area contributed by atoms with E-state index < -0.39 is 12.8 Å². The minimum atomic E-state index is -4.25. The molecule has 0 saturated heterocycles. The predicted octanol–water partition coefficient (Wildman–Crippen LogP) is 1.17. The van der Waals surface area contributed by atoms with E-state index in [-0.39, 0.29) is 6.79 Å². The van der Waals surface area contributed by atoms with E-state index in [2.05, 4.69) is 9.47 Å². The van der Waals surface area contributed by atoms with E-state index >= 15 is 0 Å². The minimum Gasteiger partial charge on any atom is -0.359 e.